The lowest BCUT2D eigenvalue weighted by atomic mass is 9.92. The van der Waals surface area contributed by atoms with E-state index in [1.54, 1.807) is 17.0 Å². The molecule has 2 atom stereocenters. The van der Waals surface area contributed by atoms with Crippen molar-refractivity contribution in [3.05, 3.63) is 53.8 Å². The summed E-state index contributed by atoms with van der Waals surface area (Å²) >= 11 is 0. The van der Waals surface area contributed by atoms with Gasteiger partial charge in [0.25, 0.3) is 0 Å². The Morgan fingerprint density at radius 1 is 1.10 bits per heavy atom. The van der Waals surface area contributed by atoms with E-state index in [1.807, 2.05) is 65.2 Å². The van der Waals surface area contributed by atoms with Crippen LogP contribution in [0.15, 0.2) is 42.5 Å². The monoisotopic (exact) mass is 545 g/mol. The number of aryl methyl sites for hydroxylation is 1. The van der Waals surface area contributed by atoms with Crippen LogP contribution in [0.5, 0.6) is 11.8 Å². The second kappa shape index (κ2) is 11.3. The minimum Gasteiger partial charge on any atom is -0.508 e. The zero-order chi connectivity index (χ0) is 28.6. The molecule has 0 radical (unpaired) electrons. The van der Waals surface area contributed by atoms with Gasteiger partial charge in [0.05, 0.1) is 6.61 Å². The van der Waals surface area contributed by atoms with Crippen molar-refractivity contribution in [2.24, 2.45) is 0 Å². The number of benzene rings is 3. The van der Waals surface area contributed by atoms with Gasteiger partial charge < -0.3 is 24.5 Å². The van der Waals surface area contributed by atoms with E-state index in [0.29, 0.717) is 47.6 Å². The Kier molecular flexibility index (Phi) is 7.76. The van der Waals surface area contributed by atoms with Crippen molar-refractivity contribution in [3.8, 4) is 22.9 Å². The molecular weight excluding hydrogens is 509 g/mol. The number of carbonyl (C=O) groups is 1. The van der Waals surface area contributed by atoms with Gasteiger partial charge in [0.2, 0.25) is 6.41 Å². The molecule has 1 saturated heterocycles. The van der Waals surface area contributed by atoms with Gasteiger partial charge in [-0.25, -0.2) is 4.39 Å². The molecule has 1 fully saturated rings. The highest BCUT2D eigenvalue weighted by molar-refractivity contribution is 6.02. The molecule has 8 nitrogen and oxygen atoms in total. The normalized spacial score (nSPS) is 17.7. The van der Waals surface area contributed by atoms with Crippen molar-refractivity contribution in [1.82, 2.24) is 19.8 Å². The van der Waals surface area contributed by atoms with Crippen LogP contribution in [0, 0.1) is 12.7 Å². The third kappa shape index (κ3) is 5.25. The molecule has 0 unspecified atom stereocenters. The zero-order valence-corrected chi connectivity index (χ0v) is 23.7. The summed E-state index contributed by atoms with van der Waals surface area (Å²) in [6.45, 7) is 8.20. The number of anilines is 1. The molecule has 2 heterocycles. The van der Waals surface area contributed by atoms with Crippen LogP contribution in [0.25, 0.3) is 32.8 Å². The van der Waals surface area contributed by atoms with Crippen molar-refractivity contribution in [2.45, 2.75) is 39.3 Å². The van der Waals surface area contributed by atoms with Crippen LogP contribution in [-0.4, -0.2) is 83.7 Å². The number of rotatable bonds is 8. The molecule has 5 rings (SSSR count). The number of halogens is 1. The standard InChI is InChI=1S/C31H36FN5O3/c1-19-13-26-29(28(32)27(19)25-15-23(39)14-22-9-6-7-10-24(22)25)33-31(40-12-8-11-35(4)5)34-30(26)37-17-20(2)36(18-38)16-21(37)3/h6-7,9-10,13-15,18,20-21,39H,8,11-12,16-17H2,1-5H3/t20-,21+/m1/s1. The molecule has 1 amide bonds. The first kappa shape index (κ1) is 27.6. The molecule has 1 aromatic heterocycles. The largest absolute Gasteiger partial charge is 0.508 e. The van der Waals surface area contributed by atoms with Gasteiger partial charge in [0, 0.05) is 42.7 Å². The van der Waals surface area contributed by atoms with E-state index in [0.717, 1.165) is 30.1 Å². The fourth-order valence-corrected chi connectivity index (χ4v) is 5.57. The number of carbonyl (C=O) groups excluding carboxylic acids is 1. The number of amides is 1. The van der Waals surface area contributed by atoms with Crippen molar-refractivity contribution in [2.75, 3.05) is 45.2 Å². The molecule has 0 aliphatic carbocycles. The molecule has 9 heteroatoms. The summed E-state index contributed by atoms with van der Waals surface area (Å²) in [6.07, 6.45) is 1.65. The SMILES string of the molecule is Cc1cc2c(N3C[C@@H](C)N(C=O)C[C@@H]3C)nc(OCCCN(C)C)nc2c(F)c1-c1cc(O)cc2ccccc12. The van der Waals surface area contributed by atoms with E-state index in [9.17, 15) is 9.90 Å². The van der Waals surface area contributed by atoms with Crippen molar-refractivity contribution in [1.29, 1.82) is 0 Å². The summed E-state index contributed by atoms with van der Waals surface area (Å²) in [7, 11) is 3.99. The number of fused-ring (bicyclic) bond motifs is 2. The first-order valence-corrected chi connectivity index (χ1v) is 13.7. The van der Waals surface area contributed by atoms with E-state index in [2.05, 4.69) is 14.8 Å². The van der Waals surface area contributed by atoms with E-state index >= 15 is 4.39 Å². The van der Waals surface area contributed by atoms with Crippen LogP contribution >= 0.6 is 0 Å². The predicted octanol–water partition coefficient (Wildman–Crippen LogP) is 4.99. The number of aromatic nitrogens is 2. The summed E-state index contributed by atoms with van der Waals surface area (Å²) in [4.78, 5) is 26.9. The molecule has 3 aromatic carbocycles. The molecule has 1 aliphatic heterocycles. The van der Waals surface area contributed by atoms with Crippen LogP contribution in [0.3, 0.4) is 0 Å². The number of ether oxygens (including phenoxy) is 1. The third-order valence-electron chi connectivity index (χ3n) is 7.63. The van der Waals surface area contributed by atoms with Crippen molar-refractivity contribution >= 4 is 33.9 Å². The quantitative estimate of drug-likeness (QED) is 0.247. The minimum atomic E-state index is -0.486. The van der Waals surface area contributed by atoms with Gasteiger partial charge >= 0.3 is 6.01 Å². The van der Waals surface area contributed by atoms with Gasteiger partial charge in [-0.3, -0.25) is 4.79 Å². The third-order valence-corrected chi connectivity index (χ3v) is 7.63. The van der Waals surface area contributed by atoms with E-state index < -0.39 is 5.82 Å². The predicted molar refractivity (Wildman–Crippen MR) is 157 cm³/mol. The fraction of sp³-hybridized carbons (Fsp3) is 0.387. The van der Waals surface area contributed by atoms with Gasteiger partial charge in [-0.05, 0) is 81.4 Å². The fourth-order valence-electron chi connectivity index (χ4n) is 5.57. The van der Waals surface area contributed by atoms with Crippen LogP contribution < -0.4 is 9.64 Å². The topological polar surface area (TPSA) is 82.0 Å². The Bertz CT molecular complexity index is 1560. The summed E-state index contributed by atoms with van der Waals surface area (Å²) in [5, 5.41) is 12.7. The molecule has 1 aliphatic rings. The summed E-state index contributed by atoms with van der Waals surface area (Å²) in [6, 6.07) is 12.8. The van der Waals surface area contributed by atoms with Gasteiger partial charge in [-0.2, -0.15) is 9.97 Å². The van der Waals surface area contributed by atoms with E-state index in [-0.39, 0.29) is 29.4 Å². The van der Waals surface area contributed by atoms with Crippen molar-refractivity contribution in [3.63, 3.8) is 0 Å². The Labute approximate surface area is 234 Å². The van der Waals surface area contributed by atoms with E-state index in [1.165, 1.54) is 0 Å². The summed E-state index contributed by atoms with van der Waals surface area (Å²) < 4.78 is 22.7. The molecule has 0 bridgehead atoms. The van der Waals surface area contributed by atoms with Gasteiger partial charge in [-0.1, -0.05) is 24.3 Å². The molecule has 0 spiro atoms. The highest BCUT2D eigenvalue weighted by Crippen LogP contribution is 2.40. The first-order chi connectivity index (χ1) is 19.2. The summed E-state index contributed by atoms with van der Waals surface area (Å²) in [5.74, 6) is 0.170. The molecule has 210 valence electrons. The smallest absolute Gasteiger partial charge is 0.319 e. The lowest BCUT2D eigenvalue weighted by Crippen LogP contribution is -2.56. The Balaban J connectivity index is 1.69. The minimum absolute atomic E-state index is 0.0351. The number of aromatic hydroxyl groups is 1. The second-order valence-electron chi connectivity index (χ2n) is 11.0. The van der Waals surface area contributed by atoms with Crippen molar-refractivity contribution < 1.29 is 19.0 Å². The van der Waals surface area contributed by atoms with Crippen LogP contribution in [0.2, 0.25) is 0 Å². The van der Waals surface area contributed by atoms with Gasteiger partial charge in [0.1, 0.15) is 17.1 Å². The second-order valence-corrected chi connectivity index (χ2v) is 11.0. The van der Waals surface area contributed by atoms with Gasteiger partial charge in [0.15, 0.2) is 5.82 Å². The highest BCUT2D eigenvalue weighted by atomic mass is 19.1. The Morgan fingerprint density at radius 3 is 2.62 bits per heavy atom. The lowest BCUT2D eigenvalue weighted by Gasteiger charge is -2.43. The first-order valence-electron chi connectivity index (χ1n) is 13.7. The Morgan fingerprint density at radius 2 is 1.88 bits per heavy atom. The van der Waals surface area contributed by atoms with Gasteiger partial charge in [-0.15, -0.1) is 0 Å². The average molecular weight is 546 g/mol. The maximum atomic E-state index is 16.7. The number of phenolic OH excluding ortho intramolecular Hbond substituents is 1. The number of hydrogen-bond donors (Lipinski definition) is 1. The zero-order valence-electron chi connectivity index (χ0n) is 23.7. The maximum absolute atomic E-state index is 16.7. The number of piperazine rings is 1. The number of nitrogens with zero attached hydrogens (tertiary/aromatic N) is 5. The molecule has 0 saturated carbocycles. The lowest BCUT2D eigenvalue weighted by molar-refractivity contribution is -0.120. The highest BCUT2D eigenvalue weighted by Gasteiger charge is 2.32. The molecule has 1 N–H and O–H groups in total. The Hall–Kier alpha value is -3.98. The molecule has 4 aromatic rings. The molecular formula is C31H36FN5O3. The van der Waals surface area contributed by atoms with Crippen LogP contribution in [0.1, 0.15) is 25.8 Å². The van der Waals surface area contributed by atoms with Crippen LogP contribution in [-0.2, 0) is 4.79 Å². The van der Waals surface area contributed by atoms with Crippen LogP contribution in [0.4, 0.5) is 10.2 Å². The van der Waals surface area contributed by atoms with E-state index in [4.69, 9.17) is 9.72 Å². The average Bonchev–Trinajstić information content (AvgIpc) is 2.92. The number of phenols is 1. The summed E-state index contributed by atoms with van der Waals surface area (Å²) in [5.41, 5.74) is 1.86. The molecule has 40 heavy (non-hydrogen) atoms. The number of hydrogen-bond acceptors (Lipinski definition) is 7. The maximum Gasteiger partial charge on any atom is 0.319 e.